The molecule has 2 rings (SSSR count). The van der Waals surface area contributed by atoms with E-state index in [0.717, 1.165) is 22.8 Å². The Morgan fingerprint density at radius 2 is 2.06 bits per heavy atom. The Hall–Kier alpha value is -1.48. The lowest BCUT2D eigenvalue weighted by atomic mass is 10.1. The van der Waals surface area contributed by atoms with Crippen LogP contribution in [-0.4, -0.2) is 11.8 Å². The second kappa shape index (κ2) is 5.03. The molecule has 16 heavy (non-hydrogen) atoms. The molecule has 0 saturated carbocycles. The smallest absolute Gasteiger partial charge is 0.167 e. The molecule has 0 aliphatic heterocycles. The summed E-state index contributed by atoms with van der Waals surface area (Å²) in [4.78, 5) is 0. The number of aromatic nitrogens is 1. The molecule has 0 bridgehead atoms. The molecule has 0 saturated heterocycles. The van der Waals surface area contributed by atoms with Crippen LogP contribution in [0.3, 0.4) is 0 Å². The lowest BCUT2D eigenvalue weighted by Crippen LogP contribution is -1.90. The Balaban J connectivity index is 2.20. The predicted molar refractivity (Wildman–Crippen MR) is 62.7 cm³/mol. The number of alkyl halides is 1. The predicted octanol–water partition coefficient (Wildman–Crippen LogP) is 3.48. The van der Waals surface area contributed by atoms with Crippen LogP contribution in [0.4, 0.5) is 0 Å². The molecule has 0 spiro atoms. The number of hydrogen-bond acceptors (Lipinski definition) is 3. The van der Waals surface area contributed by atoms with Gasteiger partial charge in [-0.05, 0) is 31.2 Å². The van der Waals surface area contributed by atoms with Gasteiger partial charge in [0.05, 0.1) is 18.2 Å². The van der Waals surface area contributed by atoms with E-state index >= 15 is 0 Å². The minimum absolute atomic E-state index is 0.362. The maximum Gasteiger partial charge on any atom is 0.167 e. The number of hydrogen-bond donors (Lipinski definition) is 0. The zero-order chi connectivity index (χ0) is 11.4. The monoisotopic (exact) mass is 237 g/mol. The van der Waals surface area contributed by atoms with Gasteiger partial charge in [-0.15, -0.1) is 11.6 Å². The maximum atomic E-state index is 5.65. The van der Waals surface area contributed by atoms with Crippen LogP contribution >= 0.6 is 11.6 Å². The highest BCUT2D eigenvalue weighted by Gasteiger charge is 2.05. The zero-order valence-corrected chi connectivity index (χ0v) is 9.70. The Morgan fingerprint density at radius 1 is 1.31 bits per heavy atom. The van der Waals surface area contributed by atoms with Crippen LogP contribution in [0.25, 0.3) is 11.3 Å². The Labute approximate surface area is 99.0 Å². The lowest BCUT2D eigenvalue weighted by Gasteiger charge is -2.02. The third kappa shape index (κ3) is 2.36. The maximum absolute atomic E-state index is 5.65. The quantitative estimate of drug-likeness (QED) is 0.764. The normalized spacial score (nSPS) is 10.4. The Morgan fingerprint density at radius 3 is 2.62 bits per heavy atom. The molecule has 2 aromatic rings. The molecule has 0 atom stereocenters. The second-order valence-electron chi connectivity index (χ2n) is 3.27. The van der Waals surface area contributed by atoms with E-state index in [0.29, 0.717) is 12.5 Å². The van der Waals surface area contributed by atoms with Gasteiger partial charge in [0.25, 0.3) is 0 Å². The van der Waals surface area contributed by atoms with E-state index in [1.807, 2.05) is 37.3 Å². The van der Waals surface area contributed by atoms with Crippen molar-refractivity contribution in [2.24, 2.45) is 0 Å². The van der Waals surface area contributed by atoms with E-state index in [2.05, 4.69) is 5.16 Å². The highest BCUT2D eigenvalue weighted by atomic mass is 35.5. The molecule has 0 amide bonds. The largest absolute Gasteiger partial charge is 0.494 e. The van der Waals surface area contributed by atoms with Crippen molar-refractivity contribution in [2.45, 2.75) is 12.8 Å². The van der Waals surface area contributed by atoms with Gasteiger partial charge >= 0.3 is 0 Å². The van der Waals surface area contributed by atoms with E-state index in [9.17, 15) is 0 Å². The van der Waals surface area contributed by atoms with Gasteiger partial charge < -0.3 is 9.26 Å². The minimum Gasteiger partial charge on any atom is -0.494 e. The van der Waals surface area contributed by atoms with E-state index in [1.165, 1.54) is 0 Å². The van der Waals surface area contributed by atoms with Gasteiger partial charge in [-0.1, -0.05) is 5.16 Å². The van der Waals surface area contributed by atoms with Crippen molar-refractivity contribution < 1.29 is 9.26 Å². The summed E-state index contributed by atoms with van der Waals surface area (Å²) in [7, 11) is 0. The van der Waals surface area contributed by atoms with Crippen molar-refractivity contribution in [3.8, 4) is 17.1 Å². The number of halogens is 1. The number of nitrogens with zero attached hydrogens (tertiary/aromatic N) is 1. The van der Waals surface area contributed by atoms with E-state index < -0.39 is 0 Å². The number of benzene rings is 1. The number of ether oxygens (including phenoxy) is 1. The third-order valence-corrected chi connectivity index (χ3v) is 2.42. The van der Waals surface area contributed by atoms with Gasteiger partial charge in [0, 0.05) is 11.6 Å². The molecular formula is C12H12ClNO2. The van der Waals surface area contributed by atoms with E-state index in [1.54, 1.807) is 0 Å². The SMILES string of the molecule is CCOc1ccc(-c2cc(CCl)no2)cc1. The summed E-state index contributed by atoms with van der Waals surface area (Å²) in [6.45, 7) is 2.62. The Kier molecular flexibility index (Phi) is 3.47. The van der Waals surface area contributed by atoms with Crippen molar-refractivity contribution in [2.75, 3.05) is 6.61 Å². The van der Waals surface area contributed by atoms with Crippen LogP contribution in [-0.2, 0) is 5.88 Å². The highest BCUT2D eigenvalue weighted by Crippen LogP contribution is 2.23. The lowest BCUT2D eigenvalue weighted by molar-refractivity contribution is 0.340. The first kappa shape index (κ1) is 11.0. The summed E-state index contributed by atoms with van der Waals surface area (Å²) >= 11 is 5.65. The fraction of sp³-hybridized carbons (Fsp3) is 0.250. The highest BCUT2D eigenvalue weighted by molar-refractivity contribution is 6.16. The van der Waals surface area contributed by atoms with Gasteiger partial charge in [0.15, 0.2) is 5.76 Å². The van der Waals surface area contributed by atoms with Gasteiger partial charge in [-0.3, -0.25) is 0 Å². The summed E-state index contributed by atoms with van der Waals surface area (Å²) in [5.74, 6) is 1.93. The molecule has 0 N–H and O–H groups in total. The van der Waals surface area contributed by atoms with Crippen LogP contribution in [0.2, 0.25) is 0 Å². The van der Waals surface area contributed by atoms with Crippen molar-refractivity contribution >= 4 is 11.6 Å². The molecule has 1 aromatic carbocycles. The van der Waals surface area contributed by atoms with E-state index in [4.69, 9.17) is 20.9 Å². The van der Waals surface area contributed by atoms with Gasteiger partial charge in [-0.25, -0.2) is 0 Å². The van der Waals surface area contributed by atoms with Gasteiger partial charge in [0.2, 0.25) is 0 Å². The molecule has 0 fully saturated rings. The van der Waals surface area contributed by atoms with Crippen molar-refractivity contribution in [1.29, 1.82) is 0 Å². The average molecular weight is 238 g/mol. The van der Waals surface area contributed by atoms with Crippen LogP contribution < -0.4 is 4.74 Å². The first-order valence-electron chi connectivity index (χ1n) is 5.08. The fourth-order valence-corrected chi connectivity index (χ4v) is 1.52. The molecule has 0 unspecified atom stereocenters. The first-order valence-corrected chi connectivity index (χ1v) is 5.61. The van der Waals surface area contributed by atoms with E-state index in [-0.39, 0.29) is 0 Å². The summed E-state index contributed by atoms with van der Waals surface area (Å²) < 4.78 is 10.5. The van der Waals surface area contributed by atoms with Crippen LogP contribution in [0.5, 0.6) is 5.75 Å². The molecule has 0 aliphatic rings. The fourth-order valence-electron chi connectivity index (χ4n) is 1.39. The van der Waals surface area contributed by atoms with Crippen LogP contribution in [0, 0.1) is 0 Å². The van der Waals surface area contributed by atoms with Crippen LogP contribution in [0.1, 0.15) is 12.6 Å². The zero-order valence-electron chi connectivity index (χ0n) is 8.94. The topological polar surface area (TPSA) is 35.3 Å². The molecule has 3 nitrogen and oxygen atoms in total. The molecule has 84 valence electrons. The summed E-state index contributed by atoms with van der Waals surface area (Å²) in [5, 5.41) is 3.83. The summed E-state index contributed by atoms with van der Waals surface area (Å²) in [5.41, 5.74) is 1.71. The molecule has 1 heterocycles. The first-order chi connectivity index (χ1) is 7.83. The number of rotatable bonds is 4. The van der Waals surface area contributed by atoms with Crippen molar-refractivity contribution in [3.63, 3.8) is 0 Å². The Bertz CT molecular complexity index is 450. The van der Waals surface area contributed by atoms with Gasteiger partial charge in [0.1, 0.15) is 5.75 Å². The van der Waals surface area contributed by atoms with Gasteiger partial charge in [-0.2, -0.15) is 0 Å². The molecule has 4 heteroatoms. The summed E-state index contributed by atoms with van der Waals surface area (Å²) in [6, 6.07) is 9.51. The molecule has 1 aromatic heterocycles. The van der Waals surface area contributed by atoms with Crippen molar-refractivity contribution in [3.05, 3.63) is 36.0 Å². The minimum atomic E-state index is 0.362. The molecular weight excluding hydrogens is 226 g/mol. The average Bonchev–Trinajstić information content (AvgIpc) is 2.79. The van der Waals surface area contributed by atoms with Crippen LogP contribution in [0.15, 0.2) is 34.9 Å². The third-order valence-electron chi connectivity index (χ3n) is 2.15. The van der Waals surface area contributed by atoms with Crippen molar-refractivity contribution in [1.82, 2.24) is 5.16 Å². The molecule has 0 aliphatic carbocycles. The molecule has 0 radical (unpaired) electrons. The second-order valence-corrected chi connectivity index (χ2v) is 3.54. The standard InChI is InChI=1S/C12H12ClNO2/c1-2-15-11-5-3-9(4-6-11)12-7-10(8-13)14-16-12/h3-7H,2,8H2,1H3. The summed E-state index contributed by atoms with van der Waals surface area (Å²) in [6.07, 6.45) is 0.